The van der Waals surface area contributed by atoms with E-state index in [4.69, 9.17) is 16.3 Å². The quantitative estimate of drug-likeness (QED) is 0.616. The molecule has 2 N–H and O–H groups in total. The molecule has 1 aromatic heterocycles. The standard InChI is InChI=1S/C19H20ClN5O/c1-2-26-17-9-7-16(8-10-17)23-19-24-18(13-22-25-19)21-12-11-14-3-5-15(20)6-4-14/h3-10,13H,2,11-12H2,1H3,(H2,21,23,24,25). The zero-order chi connectivity index (χ0) is 18.2. The van der Waals surface area contributed by atoms with E-state index in [9.17, 15) is 0 Å². The largest absolute Gasteiger partial charge is 0.494 e. The van der Waals surface area contributed by atoms with E-state index in [-0.39, 0.29) is 0 Å². The number of nitrogens with zero attached hydrogens (tertiary/aromatic N) is 3. The second-order valence-corrected chi connectivity index (χ2v) is 5.99. The number of aromatic nitrogens is 3. The molecule has 0 aliphatic rings. The van der Waals surface area contributed by atoms with Crippen LogP contribution in [0, 0.1) is 0 Å². The summed E-state index contributed by atoms with van der Waals surface area (Å²) < 4.78 is 5.43. The second kappa shape index (κ2) is 9.01. The van der Waals surface area contributed by atoms with Gasteiger partial charge in [-0.05, 0) is 55.3 Å². The maximum absolute atomic E-state index is 5.90. The van der Waals surface area contributed by atoms with Gasteiger partial charge in [0.2, 0.25) is 5.95 Å². The fourth-order valence-electron chi connectivity index (χ4n) is 2.36. The second-order valence-electron chi connectivity index (χ2n) is 5.55. The number of rotatable bonds is 8. The summed E-state index contributed by atoms with van der Waals surface area (Å²) in [6, 6.07) is 15.4. The van der Waals surface area contributed by atoms with Gasteiger partial charge in [0.25, 0.3) is 0 Å². The van der Waals surface area contributed by atoms with Crippen molar-refractivity contribution in [2.24, 2.45) is 0 Å². The Morgan fingerprint density at radius 3 is 2.54 bits per heavy atom. The van der Waals surface area contributed by atoms with Crippen LogP contribution in [0.4, 0.5) is 17.5 Å². The molecule has 0 atom stereocenters. The van der Waals surface area contributed by atoms with Crippen molar-refractivity contribution in [1.82, 2.24) is 15.2 Å². The Labute approximate surface area is 157 Å². The third-order valence-electron chi connectivity index (χ3n) is 3.61. The predicted octanol–water partition coefficient (Wildman–Crippen LogP) is 4.32. The zero-order valence-electron chi connectivity index (χ0n) is 14.4. The van der Waals surface area contributed by atoms with Crippen molar-refractivity contribution in [3.8, 4) is 5.75 Å². The molecule has 0 spiro atoms. The van der Waals surface area contributed by atoms with Gasteiger partial charge < -0.3 is 15.4 Å². The van der Waals surface area contributed by atoms with Gasteiger partial charge in [-0.3, -0.25) is 0 Å². The first-order chi connectivity index (χ1) is 12.7. The van der Waals surface area contributed by atoms with Crippen molar-refractivity contribution >= 4 is 29.1 Å². The van der Waals surface area contributed by atoms with E-state index in [2.05, 4.69) is 25.8 Å². The SMILES string of the molecule is CCOc1ccc(Nc2nncc(NCCc3ccc(Cl)cc3)n2)cc1. The molecule has 0 bridgehead atoms. The third-order valence-corrected chi connectivity index (χ3v) is 3.87. The Bertz CT molecular complexity index is 824. The number of ether oxygens (including phenoxy) is 1. The lowest BCUT2D eigenvalue weighted by Crippen LogP contribution is -2.08. The molecule has 3 aromatic rings. The van der Waals surface area contributed by atoms with Crippen molar-refractivity contribution in [1.29, 1.82) is 0 Å². The minimum atomic E-state index is 0.436. The molecule has 6 nitrogen and oxygen atoms in total. The van der Waals surface area contributed by atoms with Gasteiger partial charge >= 0.3 is 0 Å². The Hall–Kier alpha value is -2.86. The molecule has 2 aromatic carbocycles. The van der Waals surface area contributed by atoms with E-state index >= 15 is 0 Å². The zero-order valence-corrected chi connectivity index (χ0v) is 15.2. The van der Waals surface area contributed by atoms with Crippen LogP contribution < -0.4 is 15.4 Å². The topological polar surface area (TPSA) is 72.0 Å². The molecule has 26 heavy (non-hydrogen) atoms. The third kappa shape index (κ3) is 5.32. The highest BCUT2D eigenvalue weighted by Gasteiger charge is 2.02. The van der Waals surface area contributed by atoms with Crippen molar-refractivity contribution < 1.29 is 4.74 Å². The minimum Gasteiger partial charge on any atom is -0.494 e. The van der Waals surface area contributed by atoms with Crippen LogP contribution in [0.25, 0.3) is 0 Å². The van der Waals surface area contributed by atoms with Gasteiger partial charge in [-0.1, -0.05) is 23.7 Å². The average molecular weight is 370 g/mol. The first kappa shape index (κ1) is 17.9. The predicted molar refractivity (Wildman–Crippen MR) is 104 cm³/mol. The molecule has 0 amide bonds. The average Bonchev–Trinajstić information content (AvgIpc) is 2.66. The Balaban J connectivity index is 1.54. The maximum atomic E-state index is 5.90. The molecule has 134 valence electrons. The molecule has 0 fully saturated rings. The molecular formula is C19H20ClN5O. The normalized spacial score (nSPS) is 10.4. The number of anilines is 3. The van der Waals surface area contributed by atoms with Crippen LogP contribution in [-0.2, 0) is 6.42 Å². The van der Waals surface area contributed by atoms with Gasteiger partial charge in [-0.15, -0.1) is 5.10 Å². The van der Waals surface area contributed by atoms with E-state index in [1.165, 1.54) is 5.56 Å². The highest BCUT2D eigenvalue weighted by molar-refractivity contribution is 6.30. The fourth-order valence-corrected chi connectivity index (χ4v) is 2.48. The minimum absolute atomic E-state index is 0.436. The lowest BCUT2D eigenvalue weighted by Gasteiger charge is -2.08. The van der Waals surface area contributed by atoms with E-state index in [1.54, 1.807) is 6.20 Å². The lowest BCUT2D eigenvalue weighted by molar-refractivity contribution is 0.340. The van der Waals surface area contributed by atoms with Crippen LogP contribution in [0.1, 0.15) is 12.5 Å². The summed E-state index contributed by atoms with van der Waals surface area (Å²) >= 11 is 5.90. The maximum Gasteiger partial charge on any atom is 0.249 e. The molecular weight excluding hydrogens is 350 g/mol. The number of hydrogen-bond donors (Lipinski definition) is 2. The number of nitrogens with one attached hydrogen (secondary N) is 2. The summed E-state index contributed by atoms with van der Waals surface area (Å²) in [5.41, 5.74) is 2.07. The highest BCUT2D eigenvalue weighted by Crippen LogP contribution is 2.18. The van der Waals surface area contributed by atoms with Crippen molar-refractivity contribution in [3.05, 3.63) is 65.3 Å². The molecule has 0 saturated carbocycles. The van der Waals surface area contributed by atoms with Crippen LogP contribution in [0.15, 0.2) is 54.7 Å². The molecule has 7 heteroatoms. The van der Waals surface area contributed by atoms with Gasteiger partial charge in [-0.25, -0.2) is 0 Å². The Kier molecular flexibility index (Phi) is 6.22. The Morgan fingerprint density at radius 1 is 1.04 bits per heavy atom. The molecule has 1 heterocycles. The summed E-state index contributed by atoms with van der Waals surface area (Å²) in [5, 5.41) is 15.1. The Morgan fingerprint density at radius 2 is 1.81 bits per heavy atom. The molecule has 0 aliphatic carbocycles. The van der Waals surface area contributed by atoms with Crippen LogP contribution in [-0.4, -0.2) is 28.3 Å². The molecule has 0 saturated heterocycles. The van der Waals surface area contributed by atoms with Gasteiger partial charge in [0.1, 0.15) is 5.75 Å². The molecule has 0 aliphatic heterocycles. The van der Waals surface area contributed by atoms with Crippen LogP contribution in [0.3, 0.4) is 0 Å². The van der Waals surface area contributed by atoms with E-state index in [0.717, 1.165) is 29.4 Å². The van der Waals surface area contributed by atoms with Crippen LogP contribution >= 0.6 is 11.6 Å². The van der Waals surface area contributed by atoms with E-state index < -0.39 is 0 Å². The summed E-state index contributed by atoms with van der Waals surface area (Å²) in [6.45, 7) is 3.34. The monoisotopic (exact) mass is 369 g/mol. The fraction of sp³-hybridized carbons (Fsp3) is 0.211. The first-order valence-corrected chi connectivity index (χ1v) is 8.78. The number of halogens is 1. The first-order valence-electron chi connectivity index (χ1n) is 8.41. The summed E-state index contributed by atoms with van der Waals surface area (Å²) in [5.74, 6) is 1.93. The molecule has 3 rings (SSSR count). The summed E-state index contributed by atoms with van der Waals surface area (Å²) in [4.78, 5) is 4.42. The number of benzene rings is 2. The molecule has 0 unspecified atom stereocenters. The van der Waals surface area contributed by atoms with Gasteiger partial charge in [-0.2, -0.15) is 10.1 Å². The van der Waals surface area contributed by atoms with Crippen molar-refractivity contribution in [3.63, 3.8) is 0 Å². The van der Waals surface area contributed by atoms with E-state index in [1.807, 2.05) is 55.5 Å². The van der Waals surface area contributed by atoms with Gasteiger partial charge in [0.15, 0.2) is 5.82 Å². The smallest absolute Gasteiger partial charge is 0.249 e. The molecule has 0 radical (unpaired) electrons. The van der Waals surface area contributed by atoms with E-state index in [0.29, 0.717) is 18.4 Å². The summed E-state index contributed by atoms with van der Waals surface area (Å²) in [7, 11) is 0. The van der Waals surface area contributed by atoms with Crippen molar-refractivity contribution in [2.45, 2.75) is 13.3 Å². The highest BCUT2D eigenvalue weighted by atomic mass is 35.5. The summed E-state index contributed by atoms with van der Waals surface area (Å²) in [6.07, 6.45) is 2.47. The van der Waals surface area contributed by atoms with Gasteiger partial charge in [0, 0.05) is 17.3 Å². The van der Waals surface area contributed by atoms with Crippen LogP contribution in [0.5, 0.6) is 5.75 Å². The van der Waals surface area contributed by atoms with Crippen LogP contribution in [0.2, 0.25) is 5.02 Å². The lowest BCUT2D eigenvalue weighted by atomic mass is 10.1. The van der Waals surface area contributed by atoms with Crippen molar-refractivity contribution in [2.75, 3.05) is 23.8 Å². The van der Waals surface area contributed by atoms with Gasteiger partial charge in [0.05, 0.1) is 12.8 Å². The number of hydrogen-bond acceptors (Lipinski definition) is 6.